The molecule has 0 bridgehead atoms. The number of carbonyl (C=O) groups is 2. The summed E-state index contributed by atoms with van der Waals surface area (Å²) in [5, 5.41) is 0. The summed E-state index contributed by atoms with van der Waals surface area (Å²) in [7, 11) is 1.46. The van der Waals surface area contributed by atoms with Gasteiger partial charge in [0.25, 0.3) is 11.8 Å². The van der Waals surface area contributed by atoms with Crippen LogP contribution in [0.4, 0.5) is 17.6 Å². The first-order valence-corrected chi connectivity index (χ1v) is 10.3. The molecule has 1 atom stereocenters. The molecule has 0 radical (unpaired) electrons. The van der Waals surface area contributed by atoms with E-state index in [2.05, 4.69) is 0 Å². The minimum absolute atomic E-state index is 0.0461. The van der Waals surface area contributed by atoms with Crippen molar-refractivity contribution in [3.63, 3.8) is 0 Å². The third-order valence-corrected chi connectivity index (χ3v) is 5.27. The Hall–Kier alpha value is -2.98. The van der Waals surface area contributed by atoms with Crippen LogP contribution in [0.2, 0.25) is 0 Å². The van der Waals surface area contributed by atoms with Crippen LogP contribution in [0.5, 0.6) is 0 Å². The van der Waals surface area contributed by atoms with E-state index >= 15 is 0 Å². The number of ether oxygens (including phenoxy) is 2. The Morgan fingerprint density at radius 3 is 2.48 bits per heavy atom. The first kappa shape index (κ1) is 24.7. The molecule has 10 heteroatoms. The van der Waals surface area contributed by atoms with Gasteiger partial charge in [0.2, 0.25) is 0 Å². The van der Waals surface area contributed by atoms with Gasteiger partial charge in [-0.15, -0.1) is 0 Å². The SMILES string of the molecule is COCCN(CC1CN(C(=O)c2ccccc2F)CCO1)C(=O)c1ccc(C(F)(F)F)cc1. The van der Waals surface area contributed by atoms with Crippen LogP contribution in [0.15, 0.2) is 48.5 Å². The molecule has 1 unspecified atom stereocenters. The molecule has 1 aliphatic rings. The molecule has 0 spiro atoms. The summed E-state index contributed by atoms with van der Waals surface area (Å²) in [5.74, 6) is -1.58. The zero-order valence-corrected chi connectivity index (χ0v) is 18.0. The summed E-state index contributed by atoms with van der Waals surface area (Å²) >= 11 is 0. The molecule has 6 nitrogen and oxygen atoms in total. The van der Waals surface area contributed by atoms with Gasteiger partial charge in [-0.05, 0) is 36.4 Å². The van der Waals surface area contributed by atoms with E-state index in [1.54, 1.807) is 6.07 Å². The van der Waals surface area contributed by atoms with Crippen LogP contribution in [0, 0.1) is 5.82 Å². The predicted molar refractivity (Wildman–Crippen MR) is 111 cm³/mol. The second-order valence-electron chi connectivity index (χ2n) is 7.54. The number of morpholine rings is 1. The lowest BCUT2D eigenvalue weighted by Crippen LogP contribution is -2.51. The van der Waals surface area contributed by atoms with Crippen molar-refractivity contribution < 1.29 is 36.6 Å². The molecular formula is C23H24F4N2O4. The summed E-state index contributed by atoms with van der Waals surface area (Å²) in [5.41, 5.74) is -0.801. The molecule has 2 aromatic rings. The molecule has 2 aromatic carbocycles. The van der Waals surface area contributed by atoms with Gasteiger partial charge in [-0.3, -0.25) is 9.59 Å². The van der Waals surface area contributed by atoms with Gasteiger partial charge in [0.15, 0.2) is 0 Å². The van der Waals surface area contributed by atoms with Crippen molar-refractivity contribution in [1.82, 2.24) is 9.80 Å². The number of nitrogens with zero attached hydrogens (tertiary/aromatic N) is 2. The molecule has 1 fully saturated rings. The molecule has 1 saturated heterocycles. The van der Waals surface area contributed by atoms with Gasteiger partial charge in [-0.25, -0.2) is 4.39 Å². The fraction of sp³-hybridized carbons (Fsp3) is 0.391. The molecular weight excluding hydrogens is 444 g/mol. The van der Waals surface area contributed by atoms with Crippen LogP contribution in [0.3, 0.4) is 0 Å². The molecule has 1 aliphatic heterocycles. The number of methoxy groups -OCH3 is 1. The average Bonchev–Trinajstić information content (AvgIpc) is 2.81. The monoisotopic (exact) mass is 468 g/mol. The smallest absolute Gasteiger partial charge is 0.383 e. The number of carbonyl (C=O) groups excluding carboxylic acids is 2. The number of hydrogen-bond acceptors (Lipinski definition) is 4. The molecule has 1 heterocycles. The van der Waals surface area contributed by atoms with Crippen LogP contribution in [-0.4, -0.2) is 74.2 Å². The highest BCUT2D eigenvalue weighted by atomic mass is 19.4. The van der Waals surface area contributed by atoms with Gasteiger partial charge < -0.3 is 19.3 Å². The number of amides is 2. The van der Waals surface area contributed by atoms with Crippen molar-refractivity contribution in [2.45, 2.75) is 12.3 Å². The lowest BCUT2D eigenvalue weighted by molar-refractivity contribution is -0.137. The average molecular weight is 468 g/mol. The van der Waals surface area contributed by atoms with Crippen LogP contribution in [0.25, 0.3) is 0 Å². The van der Waals surface area contributed by atoms with E-state index < -0.39 is 35.5 Å². The normalized spacial score (nSPS) is 16.5. The quantitative estimate of drug-likeness (QED) is 0.584. The van der Waals surface area contributed by atoms with Gasteiger partial charge in [-0.2, -0.15) is 13.2 Å². The van der Waals surface area contributed by atoms with E-state index in [4.69, 9.17) is 9.47 Å². The lowest BCUT2D eigenvalue weighted by atomic mass is 10.1. The van der Waals surface area contributed by atoms with Gasteiger partial charge in [0.05, 0.1) is 30.4 Å². The zero-order valence-electron chi connectivity index (χ0n) is 18.0. The number of rotatable bonds is 7. The summed E-state index contributed by atoms with van der Waals surface area (Å²) in [6, 6.07) is 9.64. The van der Waals surface area contributed by atoms with E-state index in [1.165, 1.54) is 35.1 Å². The highest BCUT2D eigenvalue weighted by Gasteiger charge is 2.32. The van der Waals surface area contributed by atoms with Gasteiger partial charge in [-0.1, -0.05) is 12.1 Å². The summed E-state index contributed by atoms with van der Waals surface area (Å²) in [6.07, 6.45) is -5.05. The van der Waals surface area contributed by atoms with Crippen molar-refractivity contribution in [3.8, 4) is 0 Å². The van der Waals surface area contributed by atoms with Crippen LogP contribution < -0.4 is 0 Å². The maximum Gasteiger partial charge on any atom is 0.416 e. The maximum absolute atomic E-state index is 14.0. The minimum atomic E-state index is -4.50. The Balaban J connectivity index is 1.71. The second-order valence-corrected chi connectivity index (χ2v) is 7.54. The number of alkyl halides is 3. The van der Waals surface area contributed by atoms with E-state index in [9.17, 15) is 27.2 Å². The first-order valence-electron chi connectivity index (χ1n) is 10.3. The van der Waals surface area contributed by atoms with E-state index in [-0.39, 0.29) is 50.5 Å². The number of benzene rings is 2. The van der Waals surface area contributed by atoms with Crippen molar-refractivity contribution in [2.24, 2.45) is 0 Å². The van der Waals surface area contributed by atoms with Gasteiger partial charge >= 0.3 is 6.18 Å². The van der Waals surface area contributed by atoms with Crippen molar-refractivity contribution in [2.75, 3.05) is 46.5 Å². The Morgan fingerprint density at radius 1 is 1.15 bits per heavy atom. The molecule has 3 rings (SSSR count). The molecule has 33 heavy (non-hydrogen) atoms. The minimum Gasteiger partial charge on any atom is -0.383 e. The van der Waals surface area contributed by atoms with E-state index in [1.807, 2.05) is 0 Å². The predicted octanol–water partition coefficient (Wildman–Crippen LogP) is 3.47. The molecule has 0 saturated carbocycles. The Bertz CT molecular complexity index is 966. The fourth-order valence-electron chi connectivity index (χ4n) is 3.53. The standard InChI is InChI=1S/C23H24F4N2O4/c1-32-12-10-28(21(30)16-6-8-17(9-7-16)23(25,26)27)14-18-15-29(11-13-33-18)22(31)19-4-2-3-5-20(19)24/h2-9,18H,10-15H2,1H3. The topological polar surface area (TPSA) is 59.1 Å². The zero-order chi connectivity index (χ0) is 24.0. The van der Waals surface area contributed by atoms with Crippen LogP contribution >= 0.6 is 0 Å². The first-order chi connectivity index (χ1) is 15.7. The largest absolute Gasteiger partial charge is 0.416 e. The van der Waals surface area contributed by atoms with E-state index in [0.29, 0.717) is 0 Å². The number of hydrogen-bond donors (Lipinski definition) is 0. The molecule has 2 amide bonds. The molecule has 0 aromatic heterocycles. The third-order valence-electron chi connectivity index (χ3n) is 5.27. The van der Waals surface area contributed by atoms with Gasteiger partial charge in [0, 0.05) is 38.9 Å². The highest BCUT2D eigenvalue weighted by molar-refractivity contribution is 5.95. The van der Waals surface area contributed by atoms with Crippen molar-refractivity contribution in [1.29, 1.82) is 0 Å². The Morgan fingerprint density at radius 2 is 1.85 bits per heavy atom. The van der Waals surface area contributed by atoms with E-state index in [0.717, 1.165) is 24.3 Å². The maximum atomic E-state index is 14.0. The third kappa shape index (κ3) is 6.29. The Labute approximate surface area is 188 Å². The summed E-state index contributed by atoms with van der Waals surface area (Å²) < 4.78 is 63.2. The van der Waals surface area contributed by atoms with Crippen molar-refractivity contribution >= 4 is 11.8 Å². The van der Waals surface area contributed by atoms with Crippen molar-refractivity contribution in [3.05, 3.63) is 71.0 Å². The van der Waals surface area contributed by atoms with Crippen LogP contribution in [-0.2, 0) is 15.7 Å². The van der Waals surface area contributed by atoms with Crippen LogP contribution in [0.1, 0.15) is 26.3 Å². The lowest BCUT2D eigenvalue weighted by Gasteiger charge is -2.36. The fourth-order valence-corrected chi connectivity index (χ4v) is 3.53. The van der Waals surface area contributed by atoms with Gasteiger partial charge in [0.1, 0.15) is 5.82 Å². The summed E-state index contributed by atoms with van der Waals surface area (Å²) in [4.78, 5) is 28.6. The Kier molecular flexibility index (Phi) is 8.04. The molecule has 0 aliphatic carbocycles. The summed E-state index contributed by atoms with van der Waals surface area (Å²) in [6.45, 7) is 1.09. The molecule has 0 N–H and O–H groups in total. The highest BCUT2D eigenvalue weighted by Crippen LogP contribution is 2.29. The molecule has 178 valence electrons. The second kappa shape index (κ2) is 10.8. The number of halogens is 4.